The average Bonchev–Trinajstić information content (AvgIpc) is 3.41. The van der Waals surface area contributed by atoms with E-state index in [0.717, 1.165) is 103 Å². The Kier molecular flexibility index (Phi) is 21.1. The summed E-state index contributed by atoms with van der Waals surface area (Å²) in [5, 5.41) is 9.14. The van der Waals surface area contributed by atoms with Crippen molar-refractivity contribution in [2.24, 2.45) is 16.6 Å². The quantitative estimate of drug-likeness (QED) is 0.0752. The van der Waals surface area contributed by atoms with E-state index in [4.69, 9.17) is 10.5 Å². The molecule has 4 fully saturated rings. The third-order valence-electron chi connectivity index (χ3n) is 14.9. The number of aromatic nitrogens is 2. The van der Waals surface area contributed by atoms with Gasteiger partial charge in [-0.3, -0.25) is 38.8 Å². The van der Waals surface area contributed by atoms with E-state index < -0.39 is 17.9 Å². The molecule has 1 atom stereocenters. The molecule has 1 saturated carbocycles. The third-order valence-corrected chi connectivity index (χ3v) is 14.9. The highest BCUT2D eigenvalue weighted by atomic mass is 16.5. The Bertz CT molecular complexity index is 2300. The van der Waals surface area contributed by atoms with E-state index in [2.05, 4.69) is 45.6 Å². The maximum atomic E-state index is 13.6. The highest BCUT2D eigenvalue weighted by Crippen LogP contribution is 2.30. The van der Waals surface area contributed by atoms with Gasteiger partial charge in [0, 0.05) is 142 Å². The Morgan fingerprint density at radius 2 is 1.58 bits per heavy atom. The topological polar surface area (TPSA) is 248 Å². The van der Waals surface area contributed by atoms with Crippen LogP contribution >= 0.6 is 0 Å². The molecule has 0 radical (unpaired) electrons. The molecule has 4 amide bonds. The molecule has 21 nitrogen and oxygen atoms in total. The summed E-state index contributed by atoms with van der Waals surface area (Å²) in [6.07, 6.45) is 11.7. The van der Waals surface area contributed by atoms with Gasteiger partial charge in [0.2, 0.25) is 23.7 Å². The molecule has 1 aromatic heterocycles. The predicted octanol–water partition coefficient (Wildman–Crippen LogP) is 2.95. The summed E-state index contributed by atoms with van der Waals surface area (Å²) in [6.45, 7) is 12.2. The molecular weight excluding hydrogens is 935 g/mol. The molecule has 1 unspecified atom stereocenters. The van der Waals surface area contributed by atoms with Crippen molar-refractivity contribution in [3.8, 4) is 0 Å². The van der Waals surface area contributed by atoms with Crippen molar-refractivity contribution in [1.82, 2.24) is 39.8 Å². The number of piperidine rings is 1. The summed E-state index contributed by atoms with van der Waals surface area (Å²) in [4.78, 5) is 114. The number of esters is 1. The van der Waals surface area contributed by atoms with Crippen molar-refractivity contribution in [3.63, 3.8) is 0 Å². The first-order valence-electron chi connectivity index (χ1n) is 26.0. The lowest BCUT2D eigenvalue weighted by molar-refractivity contribution is -0.139. The Morgan fingerprint density at radius 3 is 2.18 bits per heavy atom. The van der Waals surface area contributed by atoms with Crippen LogP contribution in [0.25, 0.3) is 0 Å². The molecule has 1 aromatic carbocycles. The number of likely N-dealkylation sites (tertiary alicyclic amines) is 1. The zero-order valence-electron chi connectivity index (χ0n) is 43.5. The van der Waals surface area contributed by atoms with Gasteiger partial charge in [-0.2, -0.15) is 4.98 Å². The number of carbonyl (C=O) groups excluding carboxylic acids is 7. The Hall–Kier alpha value is -6.48. The number of anilines is 3. The summed E-state index contributed by atoms with van der Waals surface area (Å²) in [6, 6.07) is 4.87. The van der Waals surface area contributed by atoms with Crippen LogP contribution in [0.15, 0.2) is 35.1 Å². The van der Waals surface area contributed by atoms with Gasteiger partial charge in [0.05, 0.1) is 23.6 Å². The first-order chi connectivity index (χ1) is 35.3. The number of piperazine rings is 2. The number of nitrogens with zero attached hydrogens (tertiary/aromatic N) is 9. The lowest BCUT2D eigenvalue weighted by atomic mass is 9.89. The number of rotatable bonds is 22. The van der Waals surface area contributed by atoms with E-state index in [1.807, 2.05) is 15.9 Å². The first-order valence-corrected chi connectivity index (χ1v) is 26.0. The van der Waals surface area contributed by atoms with Crippen molar-refractivity contribution >= 4 is 65.8 Å². The molecule has 2 aromatic rings. The van der Waals surface area contributed by atoms with Crippen LogP contribution in [0.5, 0.6) is 0 Å². The SMILES string of the molecule is CCOC(=O)c1c(C)nc(N/C(C=NC)=C/N)nc1NC1CCC(N2CCN(C(=O)CCC(=O)N3CCC(CCN4CCN(c5ccc(C=O)c(C(=O)N(C)C(CCC=O)C(=O)NC)c5)CC4)CC3)CC2)CC1. The summed E-state index contributed by atoms with van der Waals surface area (Å²) in [5.41, 5.74) is 8.35. The maximum absolute atomic E-state index is 13.6. The number of benzene rings is 1. The number of aldehydes is 2. The van der Waals surface area contributed by atoms with Crippen LogP contribution in [-0.4, -0.2) is 201 Å². The van der Waals surface area contributed by atoms with Gasteiger partial charge in [0.25, 0.3) is 5.91 Å². The van der Waals surface area contributed by atoms with Crippen LogP contribution in [0.3, 0.4) is 0 Å². The fourth-order valence-corrected chi connectivity index (χ4v) is 10.5. The number of hydrogen-bond donors (Lipinski definition) is 4. The summed E-state index contributed by atoms with van der Waals surface area (Å²) in [5.74, 6) is 0.0118. The van der Waals surface area contributed by atoms with E-state index >= 15 is 0 Å². The van der Waals surface area contributed by atoms with E-state index in [-0.39, 0.29) is 67.2 Å². The standard InChI is InChI=1S/C52H77N13O8/c1-6-73-51(72)47-36(2)56-52(58-40(33-53)34-54-3)59-48(47)57-39-10-13-41(14-11-39)62-27-29-65(30-28-62)46(69)16-15-45(68)64-21-18-37(19-22-64)17-20-61-23-25-63(26-24-61)42-12-9-38(35-67)43(32-42)50(71)60(5)44(8-7-31-66)49(70)55-4/h9,12,31-35,37,39,41,44H,6-8,10-11,13-30,53H2,1-5H3,(H,55,70)(H2,56,57,58,59)/b40-33+,54-34?. The molecule has 3 saturated heterocycles. The lowest BCUT2D eigenvalue weighted by Gasteiger charge is -2.42. The molecule has 6 rings (SSSR count). The molecule has 4 aliphatic rings. The predicted molar refractivity (Wildman–Crippen MR) is 280 cm³/mol. The minimum Gasteiger partial charge on any atom is -0.462 e. The Labute approximate surface area is 429 Å². The van der Waals surface area contributed by atoms with Crippen LogP contribution in [0.1, 0.15) is 114 Å². The fourth-order valence-electron chi connectivity index (χ4n) is 10.5. The zero-order chi connectivity index (χ0) is 52.4. The van der Waals surface area contributed by atoms with E-state index in [1.54, 1.807) is 39.2 Å². The number of allylic oxidation sites excluding steroid dienone is 1. The van der Waals surface area contributed by atoms with E-state index in [9.17, 15) is 33.6 Å². The molecule has 1 aliphatic carbocycles. The smallest absolute Gasteiger partial charge is 0.343 e. The van der Waals surface area contributed by atoms with Crippen molar-refractivity contribution in [3.05, 3.63) is 52.5 Å². The summed E-state index contributed by atoms with van der Waals surface area (Å²) < 4.78 is 5.35. The second-order valence-corrected chi connectivity index (χ2v) is 19.4. The second-order valence-electron chi connectivity index (χ2n) is 19.4. The highest BCUT2D eigenvalue weighted by molar-refractivity contribution is 6.04. The molecule has 3 aliphatic heterocycles. The molecule has 398 valence electrons. The molecular formula is C52H77N13O8. The van der Waals surface area contributed by atoms with Gasteiger partial charge in [-0.25, -0.2) is 9.78 Å². The molecule has 0 bridgehead atoms. The minimum absolute atomic E-state index is 0.0382. The number of likely N-dealkylation sites (N-methyl/N-ethyl adjacent to an activating group) is 2. The minimum atomic E-state index is -0.845. The number of nitrogens with two attached hydrogens (primary N) is 1. The number of aryl methyl sites for hydroxylation is 1. The lowest BCUT2D eigenvalue weighted by Crippen LogP contribution is -2.53. The van der Waals surface area contributed by atoms with Crippen LogP contribution in [0.4, 0.5) is 17.5 Å². The second kappa shape index (κ2) is 27.5. The largest absolute Gasteiger partial charge is 0.462 e. The van der Waals surface area contributed by atoms with Crippen LogP contribution in [0.2, 0.25) is 0 Å². The molecule has 0 spiro atoms. The number of carbonyl (C=O) groups is 7. The number of amides is 4. The number of aliphatic imine (C=N–C) groups is 1. The molecule has 5 N–H and O–H groups in total. The van der Waals surface area contributed by atoms with Gasteiger partial charge in [-0.15, -0.1) is 0 Å². The van der Waals surface area contributed by atoms with Crippen LogP contribution < -0.4 is 26.6 Å². The monoisotopic (exact) mass is 1010 g/mol. The highest BCUT2D eigenvalue weighted by Gasteiger charge is 2.33. The van der Waals surface area contributed by atoms with E-state index in [1.165, 1.54) is 25.2 Å². The van der Waals surface area contributed by atoms with Crippen molar-refractivity contribution in [1.29, 1.82) is 0 Å². The third kappa shape index (κ3) is 15.1. The van der Waals surface area contributed by atoms with Gasteiger partial charge in [0.15, 0.2) is 6.29 Å². The molecule has 21 heteroatoms. The van der Waals surface area contributed by atoms with Gasteiger partial charge in [-0.05, 0) is 95.9 Å². The van der Waals surface area contributed by atoms with Gasteiger partial charge in [-0.1, -0.05) is 0 Å². The van der Waals surface area contributed by atoms with Crippen LogP contribution in [-0.2, 0) is 23.9 Å². The van der Waals surface area contributed by atoms with Gasteiger partial charge < -0.3 is 50.8 Å². The summed E-state index contributed by atoms with van der Waals surface area (Å²) in [7, 11) is 4.64. The van der Waals surface area contributed by atoms with Gasteiger partial charge >= 0.3 is 5.97 Å². The molecule has 4 heterocycles. The summed E-state index contributed by atoms with van der Waals surface area (Å²) >= 11 is 0. The normalized spacial score (nSPS) is 19.8. The number of ether oxygens (including phenoxy) is 1. The zero-order valence-corrected chi connectivity index (χ0v) is 43.5. The number of hydrogen-bond acceptors (Lipinski definition) is 17. The van der Waals surface area contributed by atoms with Crippen molar-refractivity contribution in [2.75, 3.05) is 115 Å². The molecule has 73 heavy (non-hydrogen) atoms. The van der Waals surface area contributed by atoms with Gasteiger partial charge in [0.1, 0.15) is 23.7 Å². The van der Waals surface area contributed by atoms with E-state index in [0.29, 0.717) is 73.1 Å². The first kappa shape index (κ1) is 55.8. The van der Waals surface area contributed by atoms with Crippen molar-refractivity contribution < 1.29 is 38.3 Å². The maximum Gasteiger partial charge on any atom is 0.343 e. The Balaban J connectivity index is 0.872. The average molecular weight is 1010 g/mol. The van der Waals surface area contributed by atoms with Crippen LogP contribution in [0, 0.1) is 12.8 Å². The van der Waals surface area contributed by atoms with Crippen molar-refractivity contribution in [2.45, 2.75) is 103 Å². The fraction of sp³-hybridized carbons (Fsp3) is 0.615. The number of nitrogens with one attached hydrogen (secondary N) is 3. The Morgan fingerprint density at radius 1 is 0.904 bits per heavy atom.